The molecule has 1 fully saturated rings. The third-order valence-corrected chi connectivity index (χ3v) is 5.60. The zero-order chi connectivity index (χ0) is 14.9. The van der Waals surface area contributed by atoms with Gasteiger partial charge in [0.15, 0.2) is 0 Å². The van der Waals surface area contributed by atoms with Gasteiger partial charge in [-0.1, -0.05) is 0 Å². The fraction of sp³-hybridized carbons (Fsp3) is 0.417. The van der Waals surface area contributed by atoms with Gasteiger partial charge in [0.25, 0.3) is 0 Å². The molecule has 1 heterocycles. The van der Waals surface area contributed by atoms with Crippen LogP contribution < -0.4 is 4.74 Å². The highest BCUT2D eigenvalue weighted by molar-refractivity contribution is 9.10. The van der Waals surface area contributed by atoms with E-state index in [1.807, 2.05) is 0 Å². The minimum atomic E-state index is -3.56. The summed E-state index contributed by atoms with van der Waals surface area (Å²) in [5.74, 6) is -0.459. The number of halogens is 1. The molecule has 0 saturated carbocycles. The first kappa shape index (κ1) is 15.3. The number of benzene rings is 1. The maximum Gasteiger partial charge on any atom is 0.303 e. The van der Waals surface area contributed by atoms with Crippen molar-refractivity contribution < 1.29 is 23.1 Å². The van der Waals surface area contributed by atoms with Gasteiger partial charge in [-0.05, 0) is 40.0 Å². The number of rotatable bonds is 5. The minimum absolute atomic E-state index is 0.00166. The van der Waals surface area contributed by atoms with E-state index in [9.17, 15) is 13.2 Å². The van der Waals surface area contributed by atoms with E-state index < -0.39 is 16.0 Å². The number of nitrogens with zero attached hydrogens (tertiary/aromatic N) is 1. The lowest BCUT2D eigenvalue weighted by Crippen LogP contribution is -2.50. The van der Waals surface area contributed by atoms with Crippen LogP contribution >= 0.6 is 15.9 Å². The third kappa shape index (κ3) is 2.97. The molecule has 6 nitrogen and oxygen atoms in total. The lowest BCUT2D eigenvalue weighted by molar-refractivity contribution is -0.139. The second-order valence-electron chi connectivity index (χ2n) is 4.58. The molecular formula is C12H14BrNO5S. The van der Waals surface area contributed by atoms with Gasteiger partial charge < -0.3 is 9.84 Å². The van der Waals surface area contributed by atoms with Crippen LogP contribution in [0.3, 0.4) is 0 Å². The van der Waals surface area contributed by atoms with E-state index in [2.05, 4.69) is 15.9 Å². The molecule has 20 heavy (non-hydrogen) atoms. The summed E-state index contributed by atoms with van der Waals surface area (Å²) in [6.45, 7) is 0.497. The number of ether oxygens (including phenoxy) is 1. The summed E-state index contributed by atoms with van der Waals surface area (Å²) in [5, 5.41) is 8.66. The van der Waals surface area contributed by atoms with Crippen molar-refractivity contribution in [3.8, 4) is 5.75 Å². The van der Waals surface area contributed by atoms with Gasteiger partial charge in [0.05, 0.1) is 22.9 Å². The molecule has 0 bridgehead atoms. The first-order valence-corrected chi connectivity index (χ1v) is 8.13. The van der Waals surface area contributed by atoms with Crippen LogP contribution in [0.4, 0.5) is 0 Å². The Bertz CT molecular complexity index is 625. The smallest absolute Gasteiger partial charge is 0.303 e. The summed E-state index contributed by atoms with van der Waals surface area (Å²) < 4.78 is 31.5. The molecule has 2 rings (SSSR count). The normalized spacial score (nSPS) is 16.7. The largest absolute Gasteiger partial charge is 0.496 e. The summed E-state index contributed by atoms with van der Waals surface area (Å²) in [6.07, 6.45) is -0.00166. The fourth-order valence-electron chi connectivity index (χ4n) is 2.05. The van der Waals surface area contributed by atoms with Crippen molar-refractivity contribution in [3.05, 3.63) is 22.7 Å². The molecule has 0 spiro atoms. The predicted octanol–water partition coefficient (Wildman–Crippen LogP) is 1.55. The topological polar surface area (TPSA) is 83.9 Å². The van der Waals surface area contributed by atoms with Crippen molar-refractivity contribution in [2.24, 2.45) is 5.92 Å². The monoisotopic (exact) mass is 363 g/mol. The Hall–Kier alpha value is -1.12. The van der Waals surface area contributed by atoms with Gasteiger partial charge in [0.1, 0.15) is 5.75 Å². The third-order valence-electron chi connectivity index (χ3n) is 3.15. The molecule has 1 saturated heterocycles. The molecule has 0 atom stereocenters. The number of carboxylic acid groups (broad SMARTS) is 1. The zero-order valence-corrected chi connectivity index (χ0v) is 13.1. The van der Waals surface area contributed by atoms with Crippen LogP contribution in [-0.2, 0) is 14.8 Å². The summed E-state index contributed by atoms with van der Waals surface area (Å²) in [7, 11) is -2.06. The summed E-state index contributed by atoms with van der Waals surface area (Å²) in [5.41, 5.74) is 0. The van der Waals surface area contributed by atoms with Crippen molar-refractivity contribution >= 4 is 31.9 Å². The molecule has 8 heteroatoms. The highest BCUT2D eigenvalue weighted by Crippen LogP contribution is 2.31. The lowest BCUT2D eigenvalue weighted by Gasteiger charge is -2.37. The number of aliphatic carboxylic acids is 1. The van der Waals surface area contributed by atoms with Gasteiger partial charge in [-0.25, -0.2) is 8.42 Å². The molecule has 1 aliphatic heterocycles. The number of methoxy groups -OCH3 is 1. The Morgan fingerprint density at radius 1 is 1.50 bits per heavy atom. The molecule has 0 radical (unpaired) electrons. The Morgan fingerprint density at radius 3 is 2.65 bits per heavy atom. The van der Waals surface area contributed by atoms with Crippen LogP contribution in [0, 0.1) is 5.92 Å². The maximum atomic E-state index is 12.3. The molecule has 0 aromatic heterocycles. The van der Waals surface area contributed by atoms with Crippen molar-refractivity contribution in [1.82, 2.24) is 4.31 Å². The standard InChI is InChI=1S/C12H14BrNO5S/c1-19-11-3-2-9(5-10(11)13)20(17,18)14-6-8(7-14)4-12(15)16/h2-3,5,8H,4,6-7H2,1H3,(H,15,16). The van der Waals surface area contributed by atoms with E-state index in [-0.39, 0.29) is 30.3 Å². The summed E-state index contributed by atoms with van der Waals surface area (Å²) in [6, 6.07) is 4.54. The molecule has 0 amide bonds. The molecule has 110 valence electrons. The number of hydrogen-bond donors (Lipinski definition) is 1. The van der Waals surface area contributed by atoms with Gasteiger partial charge >= 0.3 is 5.97 Å². The van der Waals surface area contributed by atoms with Gasteiger partial charge in [-0.3, -0.25) is 4.79 Å². The van der Waals surface area contributed by atoms with E-state index in [1.54, 1.807) is 6.07 Å². The van der Waals surface area contributed by atoms with Crippen LogP contribution in [0.15, 0.2) is 27.6 Å². The first-order valence-electron chi connectivity index (χ1n) is 5.90. The Kier molecular flexibility index (Phi) is 4.36. The van der Waals surface area contributed by atoms with Gasteiger partial charge in [-0.15, -0.1) is 0 Å². The van der Waals surface area contributed by atoms with E-state index in [4.69, 9.17) is 9.84 Å². The van der Waals surface area contributed by atoms with Crippen molar-refractivity contribution in [2.75, 3.05) is 20.2 Å². The predicted molar refractivity (Wildman–Crippen MR) is 75.2 cm³/mol. The van der Waals surface area contributed by atoms with Gasteiger partial charge in [0.2, 0.25) is 10.0 Å². The second kappa shape index (κ2) is 5.71. The SMILES string of the molecule is COc1ccc(S(=O)(=O)N2CC(CC(=O)O)C2)cc1Br. The quantitative estimate of drug-likeness (QED) is 0.857. The van der Waals surface area contributed by atoms with E-state index in [0.717, 1.165) is 0 Å². The number of carbonyl (C=O) groups is 1. The van der Waals surface area contributed by atoms with Crippen molar-refractivity contribution in [3.63, 3.8) is 0 Å². The molecule has 0 aliphatic carbocycles. The van der Waals surface area contributed by atoms with Crippen molar-refractivity contribution in [1.29, 1.82) is 0 Å². The van der Waals surface area contributed by atoms with Crippen LogP contribution in [0.2, 0.25) is 0 Å². The molecule has 1 N–H and O–H groups in total. The second-order valence-corrected chi connectivity index (χ2v) is 7.37. The number of hydrogen-bond acceptors (Lipinski definition) is 4. The summed E-state index contributed by atoms with van der Waals surface area (Å²) in [4.78, 5) is 10.7. The highest BCUT2D eigenvalue weighted by atomic mass is 79.9. The van der Waals surface area contributed by atoms with E-state index in [1.165, 1.54) is 23.5 Å². The molecule has 1 aliphatic rings. The Balaban J connectivity index is 2.12. The first-order chi connectivity index (χ1) is 9.34. The average molecular weight is 364 g/mol. The van der Waals surface area contributed by atoms with Crippen LogP contribution in [0.25, 0.3) is 0 Å². The van der Waals surface area contributed by atoms with E-state index in [0.29, 0.717) is 10.2 Å². The fourth-order valence-corrected chi connectivity index (χ4v) is 4.36. The Morgan fingerprint density at radius 2 is 2.15 bits per heavy atom. The summed E-state index contributed by atoms with van der Waals surface area (Å²) >= 11 is 3.25. The number of carboxylic acids is 1. The minimum Gasteiger partial charge on any atom is -0.496 e. The average Bonchev–Trinajstić information content (AvgIpc) is 2.32. The van der Waals surface area contributed by atoms with Crippen LogP contribution in [0.5, 0.6) is 5.75 Å². The maximum absolute atomic E-state index is 12.3. The van der Waals surface area contributed by atoms with Crippen molar-refractivity contribution in [2.45, 2.75) is 11.3 Å². The number of sulfonamides is 1. The highest BCUT2D eigenvalue weighted by Gasteiger charge is 2.37. The lowest BCUT2D eigenvalue weighted by atomic mass is 10.00. The molecule has 1 aromatic rings. The van der Waals surface area contributed by atoms with E-state index >= 15 is 0 Å². The van der Waals surface area contributed by atoms with Crippen LogP contribution in [0.1, 0.15) is 6.42 Å². The Labute approximate surface area is 125 Å². The molecular weight excluding hydrogens is 350 g/mol. The van der Waals surface area contributed by atoms with Crippen LogP contribution in [-0.4, -0.2) is 44.0 Å². The zero-order valence-electron chi connectivity index (χ0n) is 10.7. The van der Waals surface area contributed by atoms with Gasteiger partial charge in [-0.2, -0.15) is 4.31 Å². The molecule has 0 unspecified atom stereocenters. The van der Waals surface area contributed by atoms with Gasteiger partial charge in [0, 0.05) is 13.1 Å². The molecule has 1 aromatic carbocycles.